The van der Waals surface area contributed by atoms with Crippen LogP contribution in [0.1, 0.15) is 41.5 Å². The predicted octanol–water partition coefficient (Wildman–Crippen LogP) is 4.73. The molecule has 1 fully saturated rings. The molecule has 0 N–H and O–H groups in total. The number of carbonyl (C=O) groups excluding carboxylic acids is 1. The van der Waals surface area contributed by atoms with Gasteiger partial charge in [0, 0.05) is 13.1 Å². The lowest BCUT2D eigenvalue weighted by Crippen LogP contribution is -2.38. The first-order valence-electron chi connectivity index (χ1n) is 10.1. The third-order valence-electron chi connectivity index (χ3n) is 5.37. The monoisotopic (exact) mass is 406 g/mol. The van der Waals surface area contributed by atoms with Crippen molar-refractivity contribution < 1.29 is 4.79 Å². The minimum atomic E-state index is -0.333. The van der Waals surface area contributed by atoms with Gasteiger partial charge in [0.15, 0.2) is 5.16 Å². The van der Waals surface area contributed by atoms with Gasteiger partial charge in [0.05, 0.1) is 5.69 Å². The summed E-state index contributed by atoms with van der Waals surface area (Å²) < 4.78 is 2.05. The van der Waals surface area contributed by atoms with Crippen LogP contribution in [0.4, 0.5) is 0 Å². The Hall–Kier alpha value is -2.60. The molecule has 0 spiro atoms. The Morgan fingerprint density at radius 2 is 1.62 bits per heavy atom. The second kappa shape index (κ2) is 8.82. The number of hydrogen-bond acceptors (Lipinski definition) is 4. The maximum atomic E-state index is 13.5. The molecular weight excluding hydrogens is 380 g/mol. The number of carbonyl (C=O) groups is 1. The standard InChI is InChI=1S/C23H26N4OS/c1-17-11-7-8-14-20(17)27-18(2)24-25-23(27)29-21(19-12-5-3-6-13-19)22(28)26-15-9-4-10-16-26/h3,5-8,11-14,21H,4,9-10,15-16H2,1-2H3/t21-/m1/s1. The Kier molecular flexibility index (Phi) is 6.00. The summed E-state index contributed by atoms with van der Waals surface area (Å²) in [6.45, 7) is 5.71. The molecule has 1 amide bonds. The smallest absolute Gasteiger partial charge is 0.240 e. The molecule has 0 bridgehead atoms. The van der Waals surface area contributed by atoms with Crippen LogP contribution in [0.2, 0.25) is 0 Å². The zero-order valence-electron chi connectivity index (χ0n) is 16.9. The van der Waals surface area contributed by atoms with Gasteiger partial charge >= 0.3 is 0 Å². The molecule has 1 atom stereocenters. The number of nitrogens with zero attached hydrogens (tertiary/aromatic N) is 4. The SMILES string of the molecule is Cc1ccccc1-n1c(C)nnc1S[C@@H](C(=O)N1CCCCC1)c1ccccc1. The van der Waals surface area contributed by atoms with Gasteiger partial charge in [0.2, 0.25) is 5.91 Å². The number of aryl methyl sites for hydroxylation is 2. The summed E-state index contributed by atoms with van der Waals surface area (Å²) in [6, 6.07) is 18.2. The first-order chi connectivity index (χ1) is 14.1. The molecule has 1 aliphatic rings. The number of aromatic nitrogens is 3. The number of para-hydroxylation sites is 1. The van der Waals surface area contributed by atoms with Crippen LogP contribution in [0, 0.1) is 13.8 Å². The number of hydrogen-bond donors (Lipinski definition) is 0. The molecule has 29 heavy (non-hydrogen) atoms. The molecular formula is C23H26N4OS. The van der Waals surface area contributed by atoms with Crippen molar-refractivity contribution >= 4 is 17.7 Å². The molecule has 0 saturated carbocycles. The Labute approximate surface area is 176 Å². The van der Waals surface area contributed by atoms with Crippen molar-refractivity contribution in [2.75, 3.05) is 13.1 Å². The molecule has 1 aliphatic heterocycles. The fourth-order valence-corrected chi connectivity index (χ4v) is 4.96. The second-order valence-electron chi connectivity index (χ2n) is 7.45. The highest BCUT2D eigenvalue weighted by Crippen LogP contribution is 2.38. The molecule has 0 aliphatic carbocycles. The van der Waals surface area contributed by atoms with Gasteiger partial charge in [0.1, 0.15) is 11.1 Å². The van der Waals surface area contributed by atoms with Crippen molar-refractivity contribution in [3.05, 3.63) is 71.5 Å². The van der Waals surface area contributed by atoms with E-state index in [4.69, 9.17) is 0 Å². The van der Waals surface area contributed by atoms with Crippen LogP contribution in [0.3, 0.4) is 0 Å². The normalized spacial score (nSPS) is 15.3. The van der Waals surface area contributed by atoms with E-state index < -0.39 is 0 Å². The van der Waals surface area contributed by atoms with Crippen molar-refractivity contribution in [1.29, 1.82) is 0 Å². The lowest BCUT2D eigenvalue weighted by Gasteiger charge is -2.30. The fraction of sp³-hybridized carbons (Fsp3) is 0.348. The van der Waals surface area contributed by atoms with E-state index in [0.717, 1.165) is 53.7 Å². The lowest BCUT2D eigenvalue weighted by molar-refractivity contribution is -0.131. The second-order valence-corrected chi connectivity index (χ2v) is 8.52. The topological polar surface area (TPSA) is 51.0 Å². The summed E-state index contributed by atoms with van der Waals surface area (Å²) in [6.07, 6.45) is 3.36. The van der Waals surface area contributed by atoms with Gasteiger partial charge in [-0.1, -0.05) is 60.3 Å². The Morgan fingerprint density at radius 1 is 0.931 bits per heavy atom. The molecule has 150 valence electrons. The zero-order chi connectivity index (χ0) is 20.2. The zero-order valence-corrected chi connectivity index (χ0v) is 17.7. The van der Waals surface area contributed by atoms with Crippen LogP contribution in [0.15, 0.2) is 59.8 Å². The molecule has 1 aromatic heterocycles. The summed E-state index contributed by atoms with van der Waals surface area (Å²) in [5.74, 6) is 0.983. The van der Waals surface area contributed by atoms with Crippen molar-refractivity contribution in [2.24, 2.45) is 0 Å². The first-order valence-corrected chi connectivity index (χ1v) is 11.0. The van der Waals surface area contributed by atoms with E-state index >= 15 is 0 Å². The quantitative estimate of drug-likeness (QED) is 0.575. The number of thioether (sulfide) groups is 1. The van der Waals surface area contributed by atoms with Gasteiger partial charge in [-0.25, -0.2) is 0 Å². The minimum absolute atomic E-state index is 0.165. The minimum Gasteiger partial charge on any atom is -0.341 e. The van der Waals surface area contributed by atoms with Gasteiger partial charge in [-0.2, -0.15) is 0 Å². The Bertz CT molecular complexity index is 980. The van der Waals surface area contributed by atoms with Crippen molar-refractivity contribution in [2.45, 2.75) is 43.5 Å². The van der Waals surface area contributed by atoms with Crippen LogP contribution < -0.4 is 0 Å². The first kappa shape index (κ1) is 19.7. The van der Waals surface area contributed by atoms with Crippen LogP contribution in [-0.4, -0.2) is 38.7 Å². The maximum Gasteiger partial charge on any atom is 0.240 e. The van der Waals surface area contributed by atoms with E-state index in [0.29, 0.717) is 0 Å². The van der Waals surface area contributed by atoms with E-state index in [1.807, 2.05) is 54.3 Å². The maximum absolute atomic E-state index is 13.5. The molecule has 0 radical (unpaired) electrons. The Balaban J connectivity index is 1.71. The predicted molar refractivity (Wildman–Crippen MR) is 116 cm³/mol. The molecule has 0 unspecified atom stereocenters. The van der Waals surface area contributed by atoms with Crippen LogP contribution in [0.5, 0.6) is 0 Å². The van der Waals surface area contributed by atoms with E-state index in [-0.39, 0.29) is 11.2 Å². The summed E-state index contributed by atoms with van der Waals surface area (Å²) in [5, 5.41) is 9.16. The average Bonchev–Trinajstić information content (AvgIpc) is 3.13. The molecule has 1 saturated heterocycles. The fourth-order valence-electron chi connectivity index (χ4n) is 3.79. The molecule has 4 rings (SSSR count). The van der Waals surface area contributed by atoms with Crippen molar-refractivity contribution in [1.82, 2.24) is 19.7 Å². The third kappa shape index (κ3) is 4.22. The van der Waals surface area contributed by atoms with Crippen molar-refractivity contribution in [3.8, 4) is 5.69 Å². The Morgan fingerprint density at radius 3 is 2.34 bits per heavy atom. The van der Waals surface area contributed by atoms with Gasteiger partial charge in [0.25, 0.3) is 0 Å². The highest BCUT2D eigenvalue weighted by Gasteiger charge is 2.30. The van der Waals surface area contributed by atoms with E-state index in [2.05, 4.69) is 33.8 Å². The molecule has 5 nitrogen and oxygen atoms in total. The van der Waals surface area contributed by atoms with Crippen LogP contribution in [-0.2, 0) is 4.79 Å². The average molecular weight is 407 g/mol. The molecule has 2 aromatic carbocycles. The largest absolute Gasteiger partial charge is 0.341 e. The lowest BCUT2D eigenvalue weighted by atomic mass is 10.1. The highest BCUT2D eigenvalue weighted by atomic mass is 32.2. The van der Waals surface area contributed by atoms with E-state index in [9.17, 15) is 4.79 Å². The number of amides is 1. The highest BCUT2D eigenvalue weighted by molar-refractivity contribution is 8.00. The van der Waals surface area contributed by atoms with Gasteiger partial charge < -0.3 is 4.90 Å². The molecule has 3 aromatic rings. The van der Waals surface area contributed by atoms with Gasteiger partial charge in [-0.15, -0.1) is 10.2 Å². The third-order valence-corrected chi connectivity index (χ3v) is 6.55. The summed E-state index contributed by atoms with van der Waals surface area (Å²) in [7, 11) is 0. The number of likely N-dealkylation sites (tertiary alicyclic amines) is 1. The summed E-state index contributed by atoms with van der Waals surface area (Å²) in [4.78, 5) is 15.5. The van der Waals surface area contributed by atoms with E-state index in [1.165, 1.54) is 18.2 Å². The molecule has 2 heterocycles. The van der Waals surface area contributed by atoms with E-state index in [1.54, 1.807) is 0 Å². The summed E-state index contributed by atoms with van der Waals surface area (Å²) >= 11 is 1.49. The number of rotatable bonds is 5. The summed E-state index contributed by atoms with van der Waals surface area (Å²) in [5.41, 5.74) is 3.20. The van der Waals surface area contributed by atoms with Crippen LogP contribution in [0.25, 0.3) is 5.69 Å². The van der Waals surface area contributed by atoms with Gasteiger partial charge in [-0.3, -0.25) is 9.36 Å². The van der Waals surface area contributed by atoms with Gasteiger partial charge in [-0.05, 0) is 50.3 Å². The number of benzene rings is 2. The molecule has 6 heteroatoms. The number of piperidine rings is 1. The van der Waals surface area contributed by atoms with Crippen LogP contribution >= 0.6 is 11.8 Å². The van der Waals surface area contributed by atoms with Crippen molar-refractivity contribution in [3.63, 3.8) is 0 Å².